The summed E-state index contributed by atoms with van der Waals surface area (Å²) < 4.78 is 63.1. The largest absolute Gasteiger partial charge is 0.416 e. The van der Waals surface area contributed by atoms with Gasteiger partial charge in [-0.1, -0.05) is 18.2 Å². The van der Waals surface area contributed by atoms with E-state index in [1.54, 1.807) is 0 Å². The van der Waals surface area contributed by atoms with Crippen LogP contribution in [0.2, 0.25) is 0 Å². The van der Waals surface area contributed by atoms with Crippen molar-refractivity contribution in [2.45, 2.75) is 11.9 Å². The second kappa shape index (κ2) is 5.12. The number of halogens is 3. The maximum Gasteiger partial charge on any atom is 0.416 e. The zero-order valence-electron chi connectivity index (χ0n) is 9.85. The number of aromatic nitrogens is 3. The van der Waals surface area contributed by atoms with Crippen LogP contribution in [0.5, 0.6) is 0 Å². The van der Waals surface area contributed by atoms with Gasteiger partial charge in [-0.15, -0.1) is 0 Å². The van der Waals surface area contributed by atoms with Crippen LogP contribution in [-0.2, 0) is 22.0 Å². The second-order valence-electron chi connectivity index (χ2n) is 3.89. The first kappa shape index (κ1) is 14.3. The lowest BCUT2D eigenvalue weighted by molar-refractivity contribution is -0.137. The summed E-state index contributed by atoms with van der Waals surface area (Å²) in [5.41, 5.74) is -0.878. The van der Waals surface area contributed by atoms with Crippen LogP contribution in [0.1, 0.15) is 11.1 Å². The number of nitrogens with zero attached hydrogens (tertiary/aromatic N) is 2. The molecule has 0 spiro atoms. The minimum absolute atomic E-state index is 0.0202. The van der Waals surface area contributed by atoms with Crippen molar-refractivity contribution in [3.05, 3.63) is 41.7 Å². The second-order valence-corrected chi connectivity index (χ2v) is 5.62. The first-order chi connectivity index (χ1) is 9.26. The molecule has 2 rings (SSSR count). The summed E-state index contributed by atoms with van der Waals surface area (Å²) in [7, 11) is -3.87. The minimum Gasteiger partial charge on any atom is -0.251 e. The van der Waals surface area contributed by atoms with Crippen LogP contribution < -0.4 is 4.72 Å². The molecule has 0 aliphatic heterocycles. The number of H-pyrrole nitrogens is 1. The summed E-state index contributed by atoms with van der Waals surface area (Å²) in [4.78, 5) is 3.56. The Morgan fingerprint density at radius 2 is 2.05 bits per heavy atom. The molecule has 1 aromatic carbocycles. The summed E-state index contributed by atoms with van der Waals surface area (Å²) in [6, 6.07) is 4.12. The van der Waals surface area contributed by atoms with Gasteiger partial charge in [-0.25, -0.2) is 13.5 Å². The zero-order chi connectivity index (χ0) is 14.8. The Morgan fingerprint density at radius 3 is 2.65 bits per heavy atom. The number of alkyl halides is 3. The lowest BCUT2D eigenvalue weighted by atomic mass is 10.1. The Labute approximate surface area is 112 Å². The molecule has 1 heterocycles. The van der Waals surface area contributed by atoms with Crippen molar-refractivity contribution in [3.8, 4) is 0 Å². The maximum atomic E-state index is 12.5. The zero-order valence-corrected chi connectivity index (χ0v) is 10.7. The van der Waals surface area contributed by atoms with Gasteiger partial charge in [0.25, 0.3) is 0 Å². The lowest BCUT2D eigenvalue weighted by Gasteiger charge is -2.09. The third-order valence-corrected chi connectivity index (χ3v) is 3.50. The Balaban J connectivity index is 2.17. The highest BCUT2D eigenvalue weighted by Crippen LogP contribution is 2.29. The number of sulfonamides is 1. The summed E-state index contributed by atoms with van der Waals surface area (Å²) in [5, 5.41) is 5.73. The van der Waals surface area contributed by atoms with Crippen molar-refractivity contribution in [1.29, 1.82) is 0 Å². The number of rotatable bonds is 4. The summed E-state index contributed by atoms with van der Waals surface area (Å²) >= 11 is 0. The molecule has 0 bridgehead atoms. The molecule has 0 saturated carbocycles. The van der Waals surface area contributed by atoms with Gasteiger partial charge in [-0.05, 0) is 11.6 Å². The van der Waals surface area contributed by atoms with E-state index in [-0.39, 0.29) is 11.5 Å². The van der Waals surface area contributed by atoms with E-state index >= 15 is 0 Å². The van der Waals surface area contributed by atoms with Crippen molar-refractivity contribution in [2.24, 2.45) is 0 Å². The molecule has 0 unspecified atom stereocenters. The van der Waals surface area contributed by atoms with E-state index in [2.05, 4.69) is 19.9 Å². The fourth-order valence-corrected chi connectivity index (χ4v) is 2.58. The number of hydrogen-bond acceptors (Lipinski definition) is 4. The molecule has 10 heteroatoms. The smallest absolute Gasteiger partial charge is 0.251 e. The Bertz CT molecular complexity index is 683. The SMILES string of the molecule is O=S(=O)(Cc1cccc(C(F)(F)F)c1)Nc1ncn[nH]1. The number of aromatic amines is 1. The Kier molecular flexibility index (Phi) is 3.66. The average Bonchev–Trinajstić information content (AvgIpc) is 2.79. The monoisotopic (exact) mass is 306 g/mol. The predicted molar refractivity (Wildman–Crippen MR) is 64.1 cm³/mol. The topological polar surface area (TPSA) is 87.7 Å². The van der Waals surface area contributed by atoms with E-state index in [0.717, 1.165) is 24.5 Å². The van der Waals surface area contributed by atoms with Crippen LogP contribution in [0.25, 0.3) is 0 Å². The quantitative estimate of drug-likeness (QED) is 0.901. The van der Waals surface area contributed by atoms with Gasteiger partial charge < -0.3 is 0 Å². The van der Waals surface area contributed by atoms with Gasteiger partial charge >= 0.3 is 6.18 Å². The van der Waals surface area contributed by atoms with E-state index in [1.165, 1.54) is 6.07 Å². The van der Waals surface area contributed by atoms with Crippen LogP contribution >= 0.6 is 0 Å². The third kappa shape index (κ3) is 3.70. The van der Waals surface area contributed by atoms with Gasteiger partial charge in [0, 0.05) is 0 Å². The van der Waals surface area contributed by atoms with E-state index < -0.39 is 27.5 Å². The van der Waals surface area contributed by atoms with Crippen molar-refractivity contribution in [2.75, 3.05) is 4.72 Å². The van der Waals surface area contributed by atoms with E-state index in [0.29, 0.717) is 0 Å². The molecular weight excluding hydrogens is 297 g/mol. The normalized spacial score (nSPS) is 12.3. The van der Waals surface area contributed by atoms with Crippen molar-refractivity contribution < 1.29 is 21.6 Å². The van der Waals surface area contributed by atoms with Crippen molar-refractivity contribution in [1.82, 2.24) is 15.2 Å². The van der Waals surface area contributed by atoms with Crippen LogP contribution in [0, 0.1) is 0 Å². The van der Waals surface area contributed by atoms with E-state index in [1.807, 2.05) is 0 Å². The molecule has 0 atom stereocenters. The first-order valence-corrected chi connectivity index (χ1v) is 6.93. The standard InChI is InChI=1S/C10H9F3N4O2S/c11-10(12,13)8-3-1-2-7(4-8)5-20(18,19)17-9-14-6-15-16-9/h1-4,6H,5H2,(H2,14,15,16,17). The van der Waals surface area contributed by atoms with Crippen molar-refractivity contribution >= 4 is 16.0 Å². The van der Waals surface area contributed by atoms with Crippen LogP contribution in [0.4, 0.5) is 19.1 Å². The molecule has 108 valence electrons. The van der Waals surface area contributed by atoms with Crippen LogP contribution in [-0.4, -0.2) is 23.6 Å². The highest BCUT2D eigenvalue weighted by molar-refractivity contribution is 7.91. The summed E-state index contributed by atoms with van der Waals surface area (Å²) in [6.45, 7) is 0. The number of hydrogen-bond donors (Lipinski definition) is 2. The lowest BCUT2D eigenvalue weighted by Crippen LogP contribution is -2.16. The molecule has 20 heavy (non-hydrogen) atoms. The highest BCUT2D eigenvalue weighted by Gasteiger charge is 2.30. The van der Waals surface area contributed by atoms with Gasteiger partial charge in [0.05, 0.1) is 11.3 Å². The molecule has 2 aromatic rings. The summed E-state index contributed by atoms with van der Waals surface area (Å²) in [6.07, 6.45) is -3.42. The average molecular weight is 306 g/mol. The number of benzene rings is 1. The Morgan fingerprint density at radius 1 is 1.30 bits per heavy atom. The number of nitrogens with one attached hydrogen (secondary N) is 2. The van der Waals surface area contributed by atoms with Crippen LogP contribution in [0.3, 0.4) is 0 Å². The predicted octanol–water partition coefficient (Wildman–Crippen LogP) is 1.77. The van der Waals surface area contributed by atoms with Gasteiger partial charge in [0.15, 0.2) is 0 Å². The van der Waals surface area contributed by atoms with E-state index in [9.17, 15) is 21.6 Å². The third-order valence-electron chi connectivity index (χ3n) is 2.28. The van der Waals surface area contributed by atoms with Gasteiger partial charge in [0.1, 0.15) is 6.33 Å². The molecular formula is C10H9F3N4O2S. The Hall–Kier alpha value is -2.10. The van der Waals surface area contributed by atoms with Gasteiger partial charge in [0.2, 0.25) is 16.0 Å². The van der Waals surface area contributed by atoms with E-state index in [4.69, 9.17) is 0 Å². The minimum atomic E-state index is -4.52. The highest BCUT2D eigenvalue weighted by atomic mass is 32.2. The molecule has 6 nitrogen and oxygen atoms in total. The fourth-order valence-electron chi connectivity index (χ4n) is 1.49. The molecule has 0 fully saturated rings. The maximum absolute atomic E-state index is 12.5. The first-order valence-electron chi connectivity index (χ1n) is 5.28. The van der Waals surface area contributed by atoms with Crippen molar-refractivity contribution in [3.63, 3.8) is 0 Å². The van der Waals surface area contributed by atoms with Gasteiger partial charge in [-0.2, -0.15) is 23.3 Å². The fraction of sp³-hybridized carbons (Fsp3) is 0.200. The van der Waals surface area contributed by atoms with Crippen LogP contribution in [0.15, 0.2) is 30.6 Å². The molecule has 1 aromatic heterocycles. The molecule has 0 aliphatic rings. The molecule has 0 saturated heterocycles. The summed E-state index contributed by atoms with van der Waals surface area (Å²) in [5.74, 6) is -0.700. The molecule has 0 amide bonds. The molecule has 0 radical (unpaired) electrons. The number of anilines is 1. The molecule has 0 aliphatic carbocycles. The molecule has 2 N–H and O–H groups in total. The van der Waals surface area contributed by atoms with Gasteiger partial charge in [-0.3, -0.25) is 4.72 Å².